The predicted octanol–water partition coefficient (Wildman–Crippen LogP) is 3.61. The van der Waals surface area contributed by atoms with E-state index >= 15 is 0 Å². The second kappa shape index (κ2) is 6.99. The molecular weight excluding hydrogens is 356 g/mol. The van der Waals surface area contributed by atoms with Crippen LogP contribution in [0.15, 0.2) is 24.3 Å². The van der Waals surface area contributed by atoms with Crippen LogP contribution in [0.25, 0.3) is 0 Å². The van der Waals surface area contributed by atoms with E-state index in [0.29, 0.717) is 35.9 Å². The highest BCUT2D eigenvalue weighted by Gasteiger charge is 2.30. The van der Waals surface area contributed by atoms with Crippen LogP contribution < -0.4 is 5.32 Å². The van der Waals surface area contributed by atoms with Crippen molar-refractivity contribution in [1.82, 2.24) is 15.1 Å². The van der Waals surface area contributed by atoms with Crippen LogP contribution in [0.3, 0.4) is 0 Å². The molecule has 2 amide bonds. The van der Waals surface area contributed by atoms with Crippen LogP contribution in [0.2, 0.25) is 5.02 Å². The summed E-state index contributed by atoms with van der Waals surface area (Å²) < 4.78 is 5.40. The molecule has 7 nitrogen and oxygen atoms in total. The second-order valence-corrected chi connectivity index (χ2v) is 7.52. The summed E-state index contributed by atoms with van der Waals surface area (Å²) in [6.45, 7) is 6.28. The van der Waals surface area contributed by atoms with Gasteiger partial charge in [0.15, 0.2) is 5.69 Å². The van der Waals surface area contributed by atoms with Crippen LogP contribution in [0.5, 0.6) is 0 Å². The smallest absolute Gasteiger partial charge is 0.410 e. The monoisotopic (exact) mass is 376 g/mol. The maximum absolute atomic E-state index is 12.5. The third-order valence-corrected chi connectivity index (χ3v) is 4.25. The van der Waals surface area contributed by atoms with Gasteiger partial charge in [-0.05, 0) is 39.3 Å². The van der Waals surface area contributed by atoms with Crippen molar-refractivity contribution < 1.29 is 14.3 Å². The molecule has 2 N–H and O–H groups in total. The van der Waals surface area contributed by atoms with E-state index in [0.717, 1.165) is 11.3 Å². The standard InChI is InChI=1S/C18H21ClN4O3/c1-18(2,3)26-17(25)23-9-8-11-14(10-23)21-22-15(11)16(24)20-13-7-5-4-6-12(13)19/h4-7H,8-10H2,1-3H3,(H,20,24)(H,21,22). The zero-order valence-corrected chi connectivity index (χ0v) is 15.7. The van der Waals surface area contributed by atoms with Crippen molar-refractivity contribution in [1.29, 1.82) is 0 Å². The highest BCUT2D eigenvalue weighted by Crippen LogP contribution is 2.25. The number of aromatic nitrogens is 2. The van der Waals surface area contributed by atoms with Crippen LogP contribution in [0.4, 0.5) is 10.5 Å². The first-order valence-corrected chi connectivity index (χ1v) is 8.72. The van der Waals surface area contributed by atoms with Crippen molar-refractivity contribution in [3.8, 4) is 0 Å². The van der Waals surface area contributed by atoms with Gasteiger partial charge in [0.05, 0.1) is 22.9 Å². The molecule has 0 aliphatic carbocycles. The fraction of sp³-hybridized carbons (Fsp3) is 0.389. The zero-order valence-electron chi connectivity index (χ0n) is 14.9. The van der Waals surface area contributed by atoms with Crippen molar-refractivity contribution in [2.75, 3.05) is 11.9 Å². The maximum atomic E-state index is 12.5. The second-order valence-electron chi connectivity index (χ2n) is 7.12. The number of para-hydroxylation sites is 1. The van der Waals surface area contributed by atoms with Gasteiger partial charge < -0.3 is 15.0 Å². The number of nitrogens with zero attached hydrogens (tertiary/aromatic N) is 2. The Morgan fingerprint density at radius 2 is 2.04 bits per heavy atom. The van der Waals surface area contributed by atoms with Gasteiger partial charge in [-0.2, -0.15) is 5.10 Å². The van der Waals surface area contributed by atoms with Crippen molar-refractivity contribution in [3.05, 3.63) is 46.2 Å². The number of amides is 2. The number of fused-ring (bicyclic) bond motifs is 1. The number of ether oxygens (including phenoxy) is 1. The Morgan fingerprint density at radius 1 is 1.31 bits per heavy atom. The Labute approximate surface area is 156 Å². The average Bonchev–Trinajstić information content (AvgIpc) is 2.98. The molecule has 0 bridgehead atoms. The zero-order chi connectivity index (χ0) is 18.9. The minimum absolute atomic E-state index is 0.323. The summed E-state index contributed by atoms with van der Waals surface area (Å²) in [4.78, 5) is 26.4. The van der Waals surface area contributed by atoms with E-state index in [1.807, 2.05) is 20.8 Å². The summed E-state index contributed by atoms with van der Waals surface area (Å²) in [6, 6.07) is 7.01. The number of hydrogen-bond acceptors (Lipinski definition) is 4. The first-order chi connectivity index (χ1) is 12.2. The van der Waals surface area contributed by atoms with E-state index in [1.54, 1.807) is 29.2 Å². The van der Waals surface area contributed by atoms with Crippen LogP contribution in [-0.2, 0) is 17.7 Å². The van der Waals surface area contributed by atoms with Crippen LogP contribution in [0.1, 0.15) is 42.5 Å². The highest BCUT2D eigenvalue weighted by molar-refractivity contribution is 6.33. The number of hydrogen-bond donors (Lipinski definition) is 2. The molecule has 3 rings (SSSR count). The lowest BCUT2D eigenvalue weighted by molar-refractivity contribution is 0.0221. The summed E-state index contributed by atoms with van der Waals surface area (Å²) in [5.74, 6) is -0.332. The van der Waals surface area contributed by atoms with Gasteiger partial charge in [-0.15, -0.1) is 0 Å². The minimum Gasteiger partial charge on any atom is -0.444 e. The van der Waals surface area contributed by atoms with Crippen LogP contribution >= 0.6 is 11.6 Å². The number of H-pyrrole nitrogens is 1. The Kier molecular flexibility index (Phi) is 4.91. The van der Waals surface area contributed by atoms with E-state index in [4.69, 9.17) is 16.3 Å². The molecule has 0 unspecified atom stereocenters. The van der Waals surface area contributed by atoms with Crippen molar-refractivity contribution in [2.24, 2.45) is 0 Å². The lowest BCUT2D eigenvalue weighted by atomic mass is 10.0. The number of rotatable bonds is 2. The number of aromatic amines is 1. The van der Waals surface area contributed by atoms with Gasteiger partial charge in [-0.25, -0.2) is 4.79 Å². The van der Waals surface area contributed by atoms with Crippen LogP contribution in [-0.4, -0.2) is 39.2 Å². The number of nitrogens with one attached hydrogen (secondary N) is 2. The molecular formula is C18H21ClN4O3. The maximum Gasteiger partial charge on any atom is 0.410 e. The van der Waals surface area contributed by atoms with Crippen molar-refractivity contribution >= 4 is 29.3 Å². The number of anilines is 1. The largest absolute Gasteiger partial charge is 0.444 e. The molecule has 1 aromatic carbocycles. The fourth-order valence-corrected chi connectivity index (χ4v) is 2.92. The number of carbonyl (C=O) groups is 2. The normalized spacial score (nSPS) is 13.9. The fourth-order valence-electron chi connectivity index (χ4n) is 2.73. The van der Waals surface area contributed by atoms with Gasteiger partial charge in [0, 0.05) is 12.1 Å². The first-order valence-electron chi connectivity index (χ1n) is 8.34. The average molecular weight is 377 g/mol. The molecule has 1 aliphatic heterocycles. The molecule has 138 valence electrons. The predicted molar refractivity (Wildman–Crippen MR) is 98.3 cm³/mol. The van der Waals surface area contributed by atoms with Gasteiger partial charge in [-0.3, -0.25) is 9.89 Å². The molecule has 26 heavy (non-hydrogen) atoms. The molecule has 2 aromatic rings. The lowest BCUT2D eigenvalue weighted by Crippen LogP contribution is -2.40. The topological polar surface area (TPSA) is 87.3 Å². The van der Waals surface area contributed by atoms with Gasteiger partial charge in [0.1, 0.15) is 5.60 Å². The first kappa shape index (κ1) is 18.3. The van der Waals surface area contributed by atoms with Crippen molar-refractivity contribution in [3.63, 3.8) is 0 Å². The SMILES string of the molecule is CC(C)(C)OC(=O)N1CCc2c(C(=O)Nc3ccccc3Cl)n[nH]c2C1. The van der Waals surface area contributed by atoms with E-state index in [9.17, 15) is 9.59 Å². The Hall–Kier alpha value is -2.54. The summed E-state index contributed by atoms with van der Waals surface area (Å²) in [6.07, 6.45) is 0.149. The lowest BCUT2D eigenvalue weighted by Gasteiger charge is -2.29. The molecule has 0 saturated heterocycles. The van der Waals surface area contributed by atoms with E-state index < -0.39 is 5.60 Å². The van der Waals surface area contributed by atoms with Gasteiger partial charge in [0.25, 0.3) is 5.91 Å². The minimum atomic E-state index is -0.550. The highest BCUT2D eigenvalue weighted by atomic mass is 35.5. The van der Waals surface area contributed by atoms with Gasteiger partial charge in [0.2, 0.25) is 0 Å². The summed E-state index contributed by atoms with van der Waals surface area (Å²) >= 11 is 6.08. The molecule has 0 spiro atoms. The Bertz CT molecular complexity index is 841. The molecule has 8 heteroatoms. The summed E-state index contributed by atoms with van der Waals surface area (Å²) in [5.41, 5.74) is 1.86. The quantitative estimate of drug-likeness (QED) is 0.838. The number of halogens is 1. The number of benzene rings is 1. The number of carbonyl (C=O) groups excluding carboxylic acids is 2. The molecule has 1 aromatic heterocycles. The summed E-state index contributed by atoms with van der Waals surface area (Å²) in [5, 5.41) is 10.2. The molecule has 2 heterocycles. The molecule has 0 saturated carbocycles. The van der Waals surface area contributed by atoms with E-state index in [1.165, 1.54) is 0 Å². The van der Waals surface area contributed by atoms with Crippen molar-refractivity contribution in [2.45, 2.75) is 39.3 Å². The third-order valence-electron chi connectivity index (χ3n) is 3.92. The van der Waals surface area contributed by atoms with Gasteiger partial charge >= 0.3 is 6.09 Å². The summed E-state index contributed by atoms with van der Waals surface area (Å²) in [7, 11) is 0. The van der Waals surface area contributed by atoms with E-state index in [-0.39, 0.29) is 12.0 Å². The molecule has 0 atom stereocenters. The van der Waals surface area contributed by atoms with Crippen LogP contribution in [0, 0.1) is 0 Å². The molecule has 0 radical (unpaired) electrons. The molecule has 1 aliphatic rings. The Balaban J connectivity index is 1.72. The third kappa shape index (κ3) is 3.99. The van der Waals surface area contributed by atoms with E-state index in [2.05, 4.69) is 15.5 Å². The Morgan fingerprint density at radius 3 is 2.73 bits per heavy atom. The molecule has 0 fully saturated rings. The van der Waals surface area contributed by atoms with Gasteiger partial charge in [-0.1, -0.05) is 23.7 Å².